The summed E-state index contributed by atoms with van der Waals surface area (Å²) in [4.78, 5) is 81.0. The van der Waals surface area contributed by atoms with E-state index in [0.717, 1.165) is 50.8 Å². The van der Waals surface area contributed by atoms with Gasteiger partial charge in [0.2, 0.25) is 5.91 Å². The minimum Gasteiger partial charge on any atom is -0.453 e. The van der Waals surface area contributed by atoms with Crippen LogP contribution in [0.5, 0.6) is 0 Å². The van der Waals surface area contributed by atoms with Gasteiger partial charge in [-0.05, 0) is 58.5 Å². The number of amides is 4. The third-order valence-electron chi connectivity index (χ3n) is 9.59. The van der Waals surface area contributed by atoms with Crippen LogP contribution in [0.1, 0.15) is 63.8 Å². The van der Waals surface area contributed by atoms with E-state index in [1.54, 1.807) is 47.6 Å². The lowest BCUT2D eigenvalue weighted by atomic mass is 9.98. The number of hydrogen-bond acceptors (Lipinski definition) is 9. The summed E-state index contributed by atoms with van der Waals surface area (Å²) in [5, 5.41) is 7.14. The highest BCUT2D eigenvalue weighted by atomic mass is 16.5. The van der Waals surface area contributed by atoms with E-state index in [2.05, 4.69) is 79.5 Å². The van der Waals surface area contributed by atoms with Gasteiger partial charge >= 0.3 is 12.2 Å². The number of aromatic amines is 2. The van der Waals surface area contributed by atoms with Crippen molar-refractivity contribution in [2.75, 3.05) is 33.9 Å². The van der Waals surface area contributed by atoms with Gasteiger partial charge in [0, 0.05) is 12.1 Å². The van der Waals surface area contributed by atoms with Crippen LogP contribution in [0, 0.1) is 0 Å². The third kappa shape index (κ3) is 12.4. The molecule has 4 N–H and O–H groups in total. The van der Waals surface area contributed by atoms with Crippen LogP contribution < -0.4 is 10.6 Å². The molecule has 0 spiro atoms. The molecule has 4 amide bonds. The number of carbonyl (C=O) groups excluding carboxylic acids is 5. The van der Waals surface area contributed by atoms with Crippen molar-refractivity contribution in [3.05, 3.63) is 121 Å². The van der Waals surface area contributed by atoms with Crippen LogP contribution in [0.4, 0.5) is 9.59 Å². The predicted octanol–water partition coefficient (Wildman–Crippen LogP) is 7.81. The highest BCUT2D eigenvalue weighted by molar-refractivity contribution is 5.91. The standard InChI is InChI=1S/C44H46N8O7.C3H8/c1-5-19-51(40(54)24-47-43(56)58-3)26-38-46-23-37(49-38)35-18-17-33-20-32(15-16-34(33)21-35)29-11-13-30(14-12-29)36-22-45-39(48-36)27-52(25-28(2)53)42(55)41(50-44(57)59-4)31-9-7-6-8-10-31;1-3-2/h6-18,20-23,41H,5,19,24-27H2,1-4H3,(H,45,48)(H,46,49)(H,47,56)(H,50,57);3H2,1-2H3. The summed E-state index contributed by atoms with van der Waals surface area (Å²) in [6, 6.07) is 28.2. The Balaban J connectivity index is 0.00000235. The van der Waals surface area contributed by atoms with E-state index in [4.69, 9.17) is 4.74 Å². The Morgan fingerprint density at radius 2 is 1.21 bits per heavy atom. The number of nitrogens with one attached hydrogen (secondary N) is 4. The molecule has 0 saturated heterocycles. The molecule has 62 heavy (non-hydrogen) atoms. The maximum Gasteiger partial charge on any atom is 0.407 e. The lowest BCUT2D eigenvalue weighted by Crippen LogP contribution is -2.44. The largest absolute Gasteiger partial charge is 0.453 e. The Bertz CT molecular complexity index is 2450. The molecule has 0 aliphatic rings. The van der Waals surface area contributed by atoms with Crippen LogP contribution in [0.3, 0.4) is 0 Å². The minimum absolute atomic E-state index is 0.0132. The van der Waals surface area contributed by atoms with E-state index >= 15 is 0 Å². The molecule has 0 radical (unpaired) electrons. The number of imidazole rings is 2. The molecule has 324 valence electrons. The minimum atomic E-state index is -1.07. The molecule has 6 rings (SSSR count). The molecule has 6 aromatic rings. The average Bonchev–Trinajstić information content (AvgIpc) is 3.97. The van der Waals surface area contributed by atoms with Crippen molar-refractivity contribution in [2.45, 2.75) is 59.7 Å². The molecular formula is C47H54N8O7. The van der Waals surface area contributed by atoms with Gasteiger partial charge in [0.15, 0.2) is 0 Å². The summed E-state index contributed by atoms with van der Waals surface area (Å²) < 4.78 is 9.33. The summed E-state index contributed by atoms with van der Waals surface area (Å²) in [6.07, 6.45) is 4.01. The van der Waals surface area contributed by atoms with Gasteiger partial charge in [-0.25, -0.2) is 19.6 Å². The molecule has 15 nitrogen and oxygen atoms in total. The third-order valence-corrected chi connectivity index (χ3v) is 9.59. The number of fused-ring (bicyclic) bond motifs is 1. The van der Waals surface area contributed by atoms with Gasteiger partial charge in [-0.3, -0.25) is 14.4 Å². The van der Waals surface area contributed by atoms with E-state index in [-0.39, 0.29) is 37.9 Å². The van der Waals surface area contributed by atoms with Crippen LogP contribution in [0.15, 0.2) is 103 Å². The molecule has 0 fully saturated rings. The summed E-state index contributed by atoms with van der Waals surface area (Å²) in [7, 11) is 2.47. The van der Waals surface area contributed by atoms with E-state index in [0.29, 0.717) is 23.8 Å². The van der Waals surface area contributed by atoms with E-state index < -0.39 is 24.1 Å². The molecule has 0 aliphatic heterocycles. The topological polar surface area (TPSA) is 192 Å². The van der Waals surface area contributed by atoms with Gasteiger partial charge in [-0.1, -0.05) is 106 Å². The first kappa shape index (κ1) is 45.8. The molecule has 4 aromatic carbocycles. The zero-order valence-corrected chi connectivity index (χ0v) is 36.0. The van der Waals surface area contributed by atoms with E-state index in [9.17, 15) is 24.0 Å². The number of methoxy groups -OCH3 is 2. The Labute approximate surface area is 361 Å². The van der Waals surface area contributed by atoms with Crippen molar-refractivity contribution in [2.24, 2.45) is 0 Å². The highest BCUT2D eigenvalue weighted by Gasteiger charge is 2.29. The predicted molar refractivity (Wildman–Crippen MR) is 237 cm³/mol. The number of ketones is 1. The number of benzene rings is 4. The number of H-pyrrole nitrogens is 2. The van der Waals surface area contributed by atoms with Crippen LogP contribution in [-0.4, -0.2) is 93.4 Å². The first-order valence-corrected chi connectivity index (χ1v) is 20.5. The number of rotatable bonds is 16. The van der Waals surface area contributed by atoms with Crippen molar-refractivity contribution in [3.63, 3.8) is 0 Å². The van der Waals surface area contributed by atoms with Crippen molar-refractivity contribution in [3.8, 4) is 33.6 Å². The fourth-order valence-electron chi connectivity index (χ4n) is 6.64. The Morgan fingerprint density at radius 1 is 0.677 bits per heavy atom. The summed E-state index contributed by atoms with van der Waals surface area (Å²) in [6.45, 7) is 8.11. The fraction of sp³-hybridized carbons (Fsp3) is 0.298. The molecule has 2 heterocycles. The molecule has 15 heteroatoms. The highest BCUT2D eigenvalue weighted by Crippen LogP contribution is 2.30. The molecule has 2 aromatic heterocycles. The van der Waals surface area contributed by atoms with Crippen molar-refractivity contribution in [1.29, 1.82) is 0 Å². The van der Waals surface area contributed by atoms with Crippen LogP contribution in [0.2, 0.25) is 0 Å². The molecule has 1 unspecified atom stereocenters. The number of nitrogens with zero attached hydrogens (tertiary/aromatic N) is 4. The second-order valence-electron chi connectivity index (χ2n) is 14.6. The van der Waals surface area contributed by atoms with Gasteiger partial charge in [0.05, 0.1) is 57.6 Å². The Hall–Kier alpha value is -7.29. The second kappa shape index (κ2) is 22.4. The Morgan fingerprint density at radius 3 is 1.79 bits per heavy atom. The fourth-order valence-corrected chi connectivity index (χ4v) is 6.64. The molecule has 0 bridgehead atoms. The first-order valence-electron chi connectivity index (χ1n) is 20.5. The van der Waals surface area contributed by atoms with Crippen LogP contribution >= 0.6 is 0 Å². The van der Waals surface area contributed by atoms with Crippen molar-refractivity contribution in [1.82, 2.24) is 40.4 Å². The van der Waals surface area contributed by atoms with Gasteiger partial charge in [0.25, 0.3) is 5.91 Å². The summed E-state index contributed by atoms with van der Waals surface area (Å²) >= 11 is 0. The van der Waals surface area contributed by atoms with E-state index in [1.165, 1.54) is 32.5 Å². The average molecular weight is 843 g/mol. The zero-order valence-electron chi connectivity index (χ0n) is 36.0. The normalized spacial score (nSPS) is 11.1. The van der Waals surface area contributed by atoms with Crippen LogP contribution in [-0.2, 0) is 36.9 Å². The number of aromatic nitrogens is 4. The van der Waals surface area contributed by atoms with Gasteiger partial charge in [-0.15, -0.1) is 0 Å². The van der Waals surface area contributed by atoms with E-state index in [1.807, 2.05) is 37.3 Å². The lowest BCUT2D eigenvalue weighted by molar-refractivity contribution is -0.137. The van der Waals surface area contributed by atoms with Gasteiger partial charge in [0.1, 0.15) is 30.0 Å². The molecular weight excluding hydrogens is 789 g/mol. The summed E-state index contributed by atoms with van der Waals surface area (Å²) in [5.74, 6) is 0.181. The molecule has 1 atom stereocenters. The number of alkyl carbamates (subject to hydrolysis) is 2. The number of ether oxygens (including phenoxy) is 2. The first-order chi connectivity index (χ1) is 30.0. The molecule has 0 aliphatic carbocycles. The van der Waals surface area contributed by atoms with Crippen molar-refractivity contribution < 1.29 is 33.4 Å². The number of carbonyl (C=O) groups is 5. The molecule has 0 saturated carbocycles. The maximum atomic E-state index is 13.8. The SMILES string of the molecule is CCC.CCCN(Cc1ncc(-c2ccc3cc(-c4ccc(-c5cnc(CN(CC(C)=O)C(=O)C(NC(=O)OC)c6ccccc6)[nH]5)cc4)ccc3c2)[nH]1)C(=O)CNC(=O)OC. The maximum absolute atomic E-state index is 13.8. The zero-order chi connectivity index (χ0) is 44.6. The van der Waals surface area contributed by atoms with Gasteiger partial charge < -0.3 is 39.9 Å². The number of Topliss-reactive ketones (excluding diaryl/α,β-unsaturated/α-hetero) is 1. The second-order valence-corrected chi connectivity index (χ2v) is 14.6. The quantitative estimate of drug-likeness (QED) is 0.0753. The number of hydrogen-bond donors (Lipinski definition) is 4. The van der Waals surface area contributed by atoms with Crippen LogP contribution in [0.25, 0.3) is 44.4 Å². The lowest BCUT2D eigenvalue weighted by Gasteiger charge is -2.26. The summed E-state index contributed by atoms with van der Waals surface area (Å²) in [5.41, 5.74) is 6.01. The monoisotopic (exact) mass is 842 g/mol. The van der Waals surface area contributed by atoms with Crippen molar-refractivity contribution >= 4 is 40.6 Å². The Kier molecular flexibility index (Phi) is 16.5. The van der Waals surface area contributed by atoms with Gasteiger partial charge in [-0.2, -0.15) is 0 Å². The smallest absolute Gasteiger partial charge is 0.407 e.